The molecule has 1 atom stereocenters. The molecule has 0 nitrogen and oxygen atoms in total. The van der Waals surface area contributed by atoms with E-state index in [1.54, 1.807) is 0 Å². The van der Waals surface area contributed by atoms with Gasteiger partial charge in [0, 0.05) is 5.41 Å². The molecule has 0 fully saturated rings. The fraction of sp³-hybridized carbons (Fsp3) is 0.154. The number of hydrogen-bond donors (Lipinski definition) is 0. The van der Waals surface area contributed by atoms with Crippen LogP contribution >= 0.6 is 0 Å². The van der Waals surface area contributed by atoms with Gasteiger partial charge in [0.25, 0.3) is 0 Å². The van der Waals surface area contributed by atoms with Crippen molar-refractivity contribution in [2.75, 3.05) is 0 Å². The average Bonchev–Trinajstić information content (AvgIpc) is 3.17. The minimum atomic E-state index is -0.0759. The van der Waals surface area contributed by atoms with Crippen LogP contribution in [0.4, 0.5) is 0 Å². The summed E-state index contributed by atoms with van der Waals surface area (Å²) in [5.74, 6) is 0. The third-order valence-electron chi connectivity index (χ3n) is 6.37. The maximum atomic E-state index is 4.26. The standard InChI is InChI=1S/C26H22B2/c1-6-7-18-17(4)27-24-19(18)8-9-20-22-21-14-15(2)10-12-26(21,5)13-11-16(3)23(22)28-25(20)24/h6-14H,1,4H2,2-3,5H3/b18-7+/t26-/m0/s1. The van der Waals surface area contributed by atoms with Gasteiger partial charge in [0.05, 0.1) is 0 Å². The van der Waals surface area contributed by atoms with Crippen LogP contribution in [0.25, 0.3) is 11.1 Å². The molecule has 1 aromatic carbocycles. The molecule has 0 bridgehead atoms. The summed E-state index contributed by atoms with van der Waals surface area (Å²) in [5.41, 5.74) is 14.1. The third-order valence-corrected chi connectivity index (χ3v) is 6.37. The Morgan fingerprint density at radius 2 is 1.71 bits per heavy atom. The molecule has 2 aliphatic heterocycles. The van der Waals surface area contributed by atoms with Crippen LogP contribution < -0.4 is 10.9 Å². The predicted octanol–water partition coefficient (Wildman–Crippen LogP) is 4.58. The Hall–Kier alpha value is -2.73. The molecule has 2 heteroatoms. The quantitative estimate of drug-likeness (QED) is 0.647. The first-order valence-electron chi connectivity index (χ1n) is 9.85. The largest absolute Gasteiger partial charge is 0.192 e. The second-order valence-corrected chi connectivity index (χ2v) is 8.34. The van der Waals surface area contributed by atoms with Crippen LogP contribution in [0, 0.1) is 5.41 Å². The number of allylic oxidation sites excluding steroid dienone is 14. The highest BCUT2D eigenvalue weighted by molar-refractivity contribution is 6.80. The van der Waals surface area contributed by atoms with E-state index in [4.69, 9.17) is 0 Å². The molecular formula is C26H22B2. The lowest BCUT2D eigenvalue weighted by atomic mass is 9.57. The van der Waals surface area contributed by atoms with Gasteiger partial charge in [0.1, 0.15) is 0 Å². The van der Waals surface area contributed by atoms with Gasteiger partial charge in [-0.2, -0.15) is 0 Å². The van der Waals surface area contributed by atoms with E-state index >= 15 is 0 Å². The lowest BCUT2D eigenvalue weighted by molar-refractivity contribution is 0.676. The SMILES string of the molecule is C=C/C=C1\C(=C)[B]c2c1ccc1c2[B]C2=C(C)C=C[C@]3(C)C=CC(C)=CC3=C21. The molecule has 0 N–H and O–H groups in total. The summed E-state index contributed by atoms with van der Waals surface area (Å²) in [6.45, 7) is 14.8. The van der Waals surface area contributed by atoms with E-state index in [0.29, 0.717) is 0 Å². The molecule has 28 heavy (non-hydrogen) atoms. The summed E-state index contributed by atoms with van der Waals surface area (Å²) in [6, 6.07) is 4.55. The summed E-state index contributed by atoms with van der Waals surface area (Å²) in [4.78, 5) is 0. The molecule has 0 saturated carbocycles. The molecule has 2 heterocycles. The van der Waals surface area contributed by atoms with Gasteiger partial charge >= 0.3 is 0 Å². The van der Waals surface area contributed by atoms with Crippen LogP contribution in [0.15, 0.2) is 95.5 Å². The van der Waals surface area contributed by atoms with E-state index < -0.39 is 0 Å². The van der Waals surface area contributed by atoms with Crippen molar-refractivity contribution in [1.29, 1.82) is 0 Å². The Bertz CT molecular complexity index is 1160. The van der Waals surface area contributed by atoms with E-state index in [1.807, 2.05) is 6.08 Å². The first-order valence-corrected chi connectivity index (χ1v) is 9.85. The number of fused-ring (bicyclic) bond motifs is 6. The third kappa shape index (κ3) is 2.27. The highest BCUT2D eigenvalue weighted by Gasteiger charge is 2.37. The Morgan fingerprint density at radius 1 is 1.00 bits per heavy atom. The normalized spacial score (nSPS) is 25.6. The summed E-state index contributed by atoms with van der Waals surface area (Å²) in [6.07, 6.45) is 15.5. The second-order valence-electron chi connectivity index (χ2n) is 8.34. The van der Waals surface area contributed by atoms with Gasteiger partial charge in [-0.1, -0.05) is 94.3 Å². The van der Waals surface area contributed by atoms with Crippen molar-refractivity contribution in [3.63, 3.8) is 0 Å². The molecular weight excluding hydrogens is 334 g/mol. The fourth-order valence-electron chi connectivity index (χ4n) is 4.80. The van der Waals surface area contributed by atoms with Gasteiger partial charge in [-0.05, 0) is 48.6 Å². The fourth-order valence-corrected chi connectivity index (χ4v) is 4.80. The zero-order valence-corrected chi connectivity index (χ0v) is 16.8. The summed E-state index contributed by atoms with van der Waals surface area (Å²) in [7, 11) is 4.60. The second kappa shape index (κ2) is 5.88. The van der Waals surface area contributed by atoms with Crippen molar-refractivity contribution < 1.29 is 0 Å². The lowest BCUT2D eigenvalue weighted by Gasteiger charge is -2.29. The maximum absolute atomic E-state index is 4.26. The minimum Gasteiger partial charge on any atom is -0.104 e. The van der Waals surface area contributed by atoms with Gasteiger partial charge in [-0.15, -0.1) is 6.58 Å². The van der Waals surface area contributed by atoms with Crippen LogP contribution in [-0.4, -0.2) is 14.6 Å². The Labute approximate surface area is 169 Å². The van der Waals surface area contributed by atoms with Crippen molar-refractivity contribution in [3.05, 3.63) is 107 Å². The summed E-state index contributed by atoms with van der Waals surface area (Å²) in [5, 5.41) is 0. The number of benzene rings is 1. The van der Waals surface area contributed by atoms with E-state index in [2.05, 4.69) is 97.1 Å². The van der Waals surface area contributed by atoms with Crippen LogP contribution in [-0.2, 0) is 0 Å². The molecule has 0 spiro atoms. The Kier molecular flexibility index (Phi) is 3.65. The van der Waals surface area contributed by atoms with Gasteiger partial charge < -0.3 is 0 Å². The van der Waals surface area contributed by atoms with E-state index in [-0.39, 0.29) is 5.41 Å². The van der Waals surface area contributed by atoms with Gasteiger partial charge in [0.15, 0.2) is 14.6 Å². The van der Waals surface area contributed by atoms with Crippen LogP contribution in [0.3, 0.4) is 0 Å². The minimum absolute atomic E-state index is 0.0759. The molecule has 0 saturated heterocycles. The zero-order chi connectivity index (χ0) is 19.6. The first kappa shape index (κ1) is 17.4. The molecule has 2 radical (unpaired) electrons. The van der Waals surface area contributed by atoms with E-state index in [1.165, 1.54) is 55.4 Å². The van der Waals surface area contributed by atoms with Crippen molar-refractivity contribution in [2.45, 2.75) is 20.8 Å². The molecule has 2 aliphatic carbocycles. The number of hydrogen-bond acceptors (Lipinski definition) is 0. The average molecular weight is 356 g/mol. The lowest BCUT2D eigenvalue weighted by Crippen LogP contribution is -2.35. The van der Waals surface area contributed by atoms with E-state index in [0.717, 1.165) is 5.47 Å². The zero-order valence-electron chi connectivity index (χ0n) is 16.8. The molecule has 1 aromatic rings. The molecule has 0 amide bonds. The first-order chi connectivity index (χ1) is 13.4. The monoisotopic (exact) mass is 356 g/mol. The van der Waals surface area contributed by atoms with Crippen molar-refractivity contribution >= 4 is 36.6 Å². The predicted molar refractivity (Wildman–Crippen MR) is 124 cm³/mol. The molecule has 4 aliphatic rings. The highest BCUT2D eigenvalue weighted by atomic mass is 14.4. The van der Waals surface area contributed by atoms with Crippen molar-refractivity contribution in [3.8, 4) is 0 Å². The summed E-state index contributed by atoms with van der Waals surface area (Å²) < 4.78 is 0. The maximum Gasteiger partial charge on any atom is 0.192 e. The smallest absolute Gasteiger partial charge is 0.104 e. The summed E-state index contributed by atoms with van der Waals surface area (Å²) >= 11 is 0. The van der Waals surface area contributed by atoms with Gasteiger partial charge in [0.2, 0.25) is 0 Å². The van der Waals surface area contributed by atoms with Crippen molar-refractivity contribution in [2.24, 2.45) is 5.41 Å². The number of rotatable bonds is 1. The molecule has 0 unspecified atom stereocenters. The Morgan fingerprint density at radius 3 is 2.50 bits per heavy atom. The van der Waals surface area contributed by atoms with Crippen LogP contribution in [0.5, 0.6) is 0 Å². The van der Waals surface area contributed by atoms with Gasteiger partial charge in [-0.3, -0.25) is 0 Å². The Balaban J connectivity index is 1.82. The van der Waals surface area contributed by atoms with Crippen LogP contribution in [0.1, 0.15) is 31.9 Å². The molecule has 132 valence electrons. The van der Waals surface area contributed by atoms with E-state index in [9.17, 15) is 0 Å². The molecule has 0 aromatic heterocycles. The molecule has 5 rings (SSSR count). The van der Waals surface area contributed by atoms with Crippen LogP contribution in [0.2, 0.25) is 0 Å². The van der Waals surface area contributed by atoms with Gasteiger partial charge in [-0.25, -0.2) is 0 Å². The van der Waals surface area contributed by atoms with Crippen molar-refractivity contribution in [1.82, 2.24) is 0 Å². The highest BCUT2D eigenvalue weighted by Crippen LogP contribution is 2.47. The topological polar surface area (TPSA) is 0 Å².